The van der Waals surface area contributed by atoms with E-state index in [4.69, 9.17) is 10.5 Å². The van der Waals surface area contributed by atoms with Crippen LogP contribution >= 0.6 is 0 Å². The largest absolute Gasteiger partial charge is 0.382 e. The summed E-state index contributed by atoms with van der Waals surface area (Å²) in [4.78, 5) is 11.6. The third-order valence-corrected chi connectivity index (χ3v) is 2.62. The van der Waals surface area contributed by atoms with Gasteiger partial charge in [0.2, 0.25) is 0 Å². The van der Waals surface area contributed by atoms with E-state index in [-0.39, 0.29) is 5.91 Å². The number of ether oxygens (including phenoxy) is 1. The number of nitrogens with zero attached hydrogens (tertiary/aromatic N) is 1. The summed E-state index contributed by atoms with van der Waals surface area (Å²) in [5.41, 5.74) is 5.80. The Balaban J connectivity index is 1.71. The van der Waals surface area contributed by atoms with E-state index >= 15 is 0 Å². The van der Waals surface area contributed by atoms with Gasteiger partial charge in [0.1, 0.15) is 11.5 Å². The zero-order valence-electron chi connectivity index (χ0n) is 9.03. The van der Waals surface area contributed by atoms with Crippen molar-refractivity contribution < 1.29 is 9.53 Å². The molecule has 1 amide bonds. The molecule has 16 heavy (non-hydrogen) atoms. The molecule has 1 aliphatic rings. The number of carbonyl (C=O) groups is 1. The number of anilines is 1. The van der Waals surface area contributed by atoms with Crippen LogP contribution < -0.4 is 11.1 Å². The van der Waals surface area contributed by atoms with Crippen molar-refractivity contribution in [3.8, 4) is 0 Å². The van der Waals surface area contributed by atoms with Crippen LogP contribution in [0.3, 0.4) is 0 Å². The molecule has 0 aliphatic carbocycles. The van der Waals surface area contributed by atoms with Gasteiger partial charge < -0.3 is 15.8 Å². The van der Waals surface area contributed by atoms with E-state index in [0.717, 1.165) is 25.9 Å². The first-order valence-electron chi connectivity index (χ1n) is 5.46. The molecule has 2 rings (SSSR count). The second-order valence-electron chi connectivity index (χ2n) is 3.89. The number of nitrogens with one attached hydrogen (secondary N) is 2. The Morgan fingerprint density at radius 3 is 3.25 bits per heavy atom. The quantitative estimate of drug-likeness (QED) is 0.685. The molecule has 1 aromatic heterocycles. The highest BCUT2D eigenvalue weighted by Gasteiger charge is 2.15. The summed E-state index contributed by atoms with van der Waals surface area (Å²) < 4.78 is 5.45. The highest BCUT2D eigenvalue weighted by Crippen LogP contribution is 2.14. The monoisotopic (exact) mass is 224 g/mol. The molecule has 1 unspecified atom stereocenters. The van der Waals surface area contributed by atoms with Crippen molar-refractivity contribution in [1.82, 2.24) is 15.5 Å². The topological polar surface area (TPSA) is 93.0 Å². The second-order valence-corrected chi connectivity index (χ2v) is 3.89. The highest BCUT2D eigenvalue weighted by atomic mass is 16.5. The van der Waals surface area contributed by atoms with Gasteiger partial charge in [0, 0.05) is 19.2 Å². The van der Waals surface area contributed by atoms with Crippen molar-refractivity contribution in [1.29, 1.82) is 0 Å². The molecule has 4 N–H and O–H groups in total. The van der Waals surface area contributed by atoms with E-state index < -0.39 is 0 Å². The summed E-state index contributed by atoms with van der Waals surface area (Å²) in [6.45, 7) is 1.46. The molecule has 6 nitrogen and oxygen atoms in total. The smallest absolute Gasteiger partial charge is 0.269 e. The van der Waals surface area contributed by atoms with Crippen LogP contribution in [0.15, 0.2) is 6.07 Å². The Morgan fingerprint density at radius 2 is 2.62 bits per heavy atom. The van der Waals surface area contributed by atoms with Crippen molar-refractivity contribution in [3.63, 3.8) is 0 Å². The minimum atomic E-state index is -0.179. The molecule has 6 heteroatoms. The summed E-state index contributed by atoms with van der Waals surface area (Å²) in [6, 6.07) is 1.52. The minimum Gasteiger partial charge on any atom is -0.382 e. The minimum absolute atomic E-state index is 0.179. The molecule has 0 bridgehead atoms. The Labute approximate surface area is 93.5 Å². The zero-order chi connectivity index (χ0) is 11.4. The predicted octanol–water partition coefficient (Wildman–Crippen LogP) is 0.291. The average Bonchev–Trinajstić information content (AvgIpc) is 2.89. The first kappa shape index (κ1) is 10.9. The Bertz CT molecular complexity index is 357. The second kappa shape index (κ2) is 4.98. The standard InChI is InChI=1S/C10H16N4O2/c11-9-6-8(13-14-9)10(15)12-4-3-7-2-1-5-16-7/h6-7H,1-5H2,(H,12,15)(H3,11,13,14). The number of carbonyl (C=O) groups excluding carboxylic acids is 1. The van der Waals surface area contributed by atoms with Crippen LogP contribution in [0.4, 0.5) is 5.82 Å². The Hall–Kier alpha value is -1.56. The lowest BCUT2D eigenvalue weighted by Crippen LogP contribution is -2.27. The SMILES string of the molecule is Nc1cc(C(=O)NCCC2CCCO2)[nH]n1. The van der Waals surface area contributed by atoms with Crippen LogP contribution in [-0.2, 0) is 4.74 Å². The molecule has 1 saturated heterocycles. The number of hydrogen-bond acceptors (Lipinski definition) is 4. The van der Waals surface area contributed by atoms with Crippen LogP contribution in [0.1, 0.15) is 29.8 Å². The maximum absolute atomic E-state index is 11.6. The van der Waals surface area contributed by atoms with E-state index in [1.165, 1.54) is 6.07 Å². The highest BCUT2D eigenvalue weighted by molar-refractivity contribution is 5.92. The lowest BCUT2D eigenvalue weighted by atomic mass is 10.2. The van der Waals surface area contributed by atoms with Crippen molar-refractivity contribution in [2.45, 2.75) is 25.4 Å². The number of aromatic amines is 1. The van der Waals surface area contributed by atoms with Crippen molar-refractivity contribution in [3.05, 3.63) is 11.8 Å². The molecule has 1 fully saturated rings. The molecule has 1 aromatic rings. The molecule has 0 aromatic carbocycles. The number of amides is 1. The lowest BCUT2D eigenvalue weighted by molar-refractivity contribution is 0.0903. The van der Waals surface area contributed by atoms with Gasteiger partial charge in [-0.3, -0.25) is 9.89 Å². The van der Waals surface area contributed by atoms with Crippen LogP contribution in [0.2, 0.25) is 0 Å². The number of aromatic nitrogens is 2. The number of rotatable bonds is 4. The van der Waals surface area contributed by atoms with Crippen LogP contribution in [0.5, 0.6) is 0 Å². The fourth-order valence-electron chi connectivity index (χ4n) is 1.77. The van der Waals surface area contributed by atoms with Gasteiger partial charge in [0.05, 0.1) is 6.10 Å². The summed E-state index contributed by atoms with van der Waals surface area (Å²) in [5, 5.41) is 9.05. The van der Waals surface area contributed by atoms with Gasteiger partial charge in [-0.25, -0.2) is 0 Å². The third-order valence-electron chi connectivity index (χ3n) is 2.62. The number of nitrogens with two attached hydrogens (primary N) is 1. The molecule has 0 saturated carbocycles. The van der Waals surface area contributed by atoms with Crippen molar-refractivity contribution in [2.24, 2.45) is 0 Å². The van der Waals surface area contributed by atoms with E-state index in [1.807, 2.05) is 0 Å². The Kier molecular flexibility index (Phi) is 3.40. The Morgan fingerprint density at radius 1 is 1.75 bits per heavy atom. The number of hydrogen-bond donors (Lipinski definition) is 3. The van der Waals surface area contributed by atoms with Crippen LogP contribution in [0, 0.1) is 0 Å². The molecule has 0 spiro atoms. The average molecular weight is 224 g/mol. The predicted molar refractivity (Wildman–Crippen MR) is 58.9 cm³/mol. The van der Waals surface area contributed by atoms with Gasteiger partial charge in [-0.15, -0.1) is 0 Å². The summed E-state index contributed by atoms with van der Waals surface area (Å²) in [7, 11) is 0. The van der Waals surface area contributed by atoms with E-state index in [2.05, 4.69) is 15.5 Å². The van der Waals surface area contributed by atoms with Gasteiger partial charge in [-0.1, -0.05) is 0 Å². The molecule has 1 aliphatic heterocycles. The number of nitrogen functional groups attached to an aromatic ring is 1. The molecule has 1 atom stereocenters. The molecular formula is C10H16N4O2. The zero-order valence-corrected chi connectivity index (χ0v) is 9.03. The van der Waals surface area contributed by atoms with Gasteiger partial charge in [-0.05, 0) is 19.3 Å². The first-order valence-corrected chi connectivity index (χ1v) is 5.46. The summed E-state index contributed by atoms with van der Waals surface area (Å²) in [6.07, 6.45) is 3.37. The third kappa shape index (κ3) is 2.73. The number of H-pyrrole nitrogens is 1. The normalized spacial score (nSPS) is 19.9. The summed E-state index contributed by atoms with van der Waals surface area (Å²) >= 11 is 0. The van der Waals surface area contributed by atoms with Gasteiger partial charge >= 0.3 is 0 Å². The summed E-state index contributed by atoms with van der Waals surface area (Å²) in [5.74, 6) is 0.145. The molecule has 2 heterocycles. The maximum Gasteiger partial charge on any atom is 0.269 e. The van der Waals surface area contributed by atoms with E-state index in [0.29, 0.717) is 24.2 Å². The van der Waals surface area contributed by atoms with Crippen molar-refractivity contribution in [2.75, 3.05) is 18.9 Å². The van der Waals surface area contributed by atoms with E-state index in [9.17, 15) is 4.79 Å². The molecule has 0 radical (unpaired) electrons. The van der Waals surface area contributed by atoms with E-state index in [1.54, 1.807) is 0 Å². The van der Waals surface area contributed by atoms with Gasteiger partial charge in [0.25, 0.3) is 5.91 Å². The van der Waals surface area contributed by atoms with Gasteiger partial charge in [-0.2, -0.15) is 5.10 Å². The molecular weight excluding hydrogens is 208 g/mol. The fraction of sp³-hybridized carbons (Fsp3) is 0.600. The lowest BCUT2D eigenvalue weighted by Gasteiger charge is -2.09. The fourth-order valence-corrected chi connectivity index (χ4v) is 1.77. The maximum atomic E-state index is 11.6. The molecule has 88 valence electrons. The first-order chi connectivity index (χ1) is 7.75. The van der Waals surface area contributed by atoms with Crippen LogP contribution in [0.25, 0.3) is 0 Å². The van der Waals surface area contributed by atoms with Gasteiger partial charge in [0.15, 0.2) is 0 Å². The van der Waals surface area contributed by atoms with Crippen LogP contribution in [-0.4, -0.2) is 35.4 Å². The van der Waals surface area contributed by atoms with Crippen molar-refractivity contribution >= 4 is 11.7 Å².